The second-order valence-corrected chi connectivity index (χ2v) is 5.95. The van der Waals surface area contributed by atoms with Gasteiger partial charge in [-0.2, -0.15) is 13.2 Å². The van der Waals surface area contributed by atoms with Crippen molar-refractivity contribution in [2.45, 2.75) is 20.0 Å². The van der Waals surface area contributed by atoms with E-state index >= 15 is 0 Å². The molecule has 0 aliphatic rings. The molecule has 0 saturated carbocycles. The largest absolute Gasteiger partial charge is 0.493 e. The van der Waals surface area contributed by atoms with Gasteiger partial charge in [0.1, 0.15) is 6.54 Å². The minimum Gasteiger partial charge on any atom is -0.493 e. The summed E-state index contributed by atoms with van der Waals surface area (Å²) >= 11 is 0. The summed E-state index contributed by atoms with van der Waals surface area (Å²) in [5.41, 5.74) is 0.613. The van der Waals surface area contributed by atoms with Crippen molar-refractivity contribution in [1.29, 1.82) is 0 Å². The van der Waals surface area contributed by atoms with Crippen LogP contribution < -0.4 is 14.8 Å². The lowest BCUT2D eigenvalue weighted by Gasteiger charge is -2.12. The Bertz CT molecular complexity index is 671. The molecular formula is C18H22F3NO5. The van der Waals surface area contributed by atoms with E-state index in [9.17, 15) is 22.8 Å². The Balaban J connectivity index is 2.55. The van der Waals surface area contributed by atoms with Gasteiger partial charge in [-0.05, 0) is 29.7 Å². The maximum atomic E-state index is 11.9. The predicted octanol–water partition coefficient (Wildman–Crippen LogP) is 2.96. The fourth-order valence-corrected chi connectivity index (χ4v) is 1.76. The van der Waals surface area contributed by atoms with Crippen LogP contribution in [-0.2, 0) is 14.3 Å². The van der Waals surface area contributed by atoms with E-state index in [2.05, 4.69) is 4.74 Å². The third-order valence-electron chi connectivity index (χ3n) is 3.00. The van der Waals surface area contributed by atoms with Crippen LogP contribution >= 0.6 is 0 Å². The zero-order valence-corrected chi connectivity index (χ0v) is 15.3. The average molecular weight is 389 g/mol. The molecule has 150 valence electrons. The lowest BCUT2D eigenvalue weighted by atomic mass is 10.2. The molecule has 0 aliphatic heterocycles. The third kappa shape index (κ3) is 9.53. The van der Waals surface area contributed by atoms with Crippen LogP contribution in [0.5, 0.6) is 11.5 Å². The monoisotopic (exact) mass is 389 g/mol. The summed E-state index contributed by atoms with van der Waals surface area (Å²) in [6.07, 6.45) is -2.05. The molecule has 0 aliphatic carbocycles. The maximum Gasteiger partial charge on any atom is 0.405 e. The van der Waals surface area contributed by atoms with Crippen LogP contribution in [0.25, 0.3) is 6.08 Å². The topological polar surface area (TPSA) is 73.9 Å². The molecule has 0 radical (unpaired) electrons. The van der Waals surface area contributed by atoms with Crippen molar-refractivity contribution < 1.29 is 37.0 Å². The number of carbonyl (C=O) groups is 2. The van der Waals surface area contributed by atoms with E-state index < -0.39 is 31.2 Å². The van der Waals surface area contributed by atoms with E-state index in [1.54, 1.807) is 23.5 Å². The average Bonchev–Trinajstić information content (AvgIpc) is 2.60. The second-order valence-electron chi connectivity index (χ2n) is 5.95. The molecule has 1 amide bonds. The molecule has 9 heteroatoms. The van der Waals surface area contributed by atoms with Crippen LogP contribution in [0.3, 0.4) is 0 Å². The number of carbonyl (C=O) groups excluding carboxylic acids is 2. The fourth-order valence-electron chi connectivity index (χ4n) is 1.76. The Morgan fingerprint density at radius 2 is 1.93 bits per heavy atom. The molecule has 0 spiro atoms. The van der Waals surface area contributed by atoms with Gasteiger partial charge in [-0.1, -0.05) is 19.9 Å². The first-order valence-electron chi connectivity index (χ1n) is 8.10. The first kappa shape index (κ1) is 22.3. The van der Waals surface area contributed by atoms with Crippen LogP contribution in [-0.4, -0.2) is 44.9 Å². The van der Waals surface area contributed by atoms with Crippen molar-refractivity contribution >= 4 is 18.0 Å². The quantitative estimate of drug-likeness (QED) is 0.519. The van der Waals surface area contributed by atoms with Crippen molar-refractivity contribution in [1.82, 2.24) is 5.32 Å². The summed E-state index contributed by atoms with van der Waals surface area (Å²) < 4.78 is 51.3. The second kappa shape index (κ2) is 10.4. The Kier molecular flexibility index (Phi) is 8.64. The van der Waals surface area contributed by atoms with Crippen LogP contribution in [0.15, 0.2) is 24.3 Å². The normalized spacial score (nSPS) is 11.5. The standard InChI is InChI=1S/C18H22F3NO5/c1-12(2)9-26-14-6-4-13(8-15(14)25-3)5-7-17(24)27-10-16(23)22-11-18(19,20)21/h4-8,12H,9-11H2,1-3H3,(H,22,23)/b7-5+. The molecule has 1 rings (SSSR count). The summed E-state index contributed by atoms with van der Waals surface area (Å²) in [6, 6.07) is 5.03. The van der Waals surface area contributed by atoms with Gasteiger partial charge in [-0.3, -0.25) is 4.79 Å². The molecule has 0 atom stereocenters. The molecule has 1 N–H and O–H groups in total. The Hall–Kier alpha value is -2.71. The number of nitrogens with one attached hydrogen (secondary N) is 1. The zero-order valence-electron chi connectivity index (χ0n) is 15.3. The van der Waals surface area contributed by atoms with Gasteiger partial charge < -0.3 is 19.5 Å². The van der Waals surface area contributed by atoms with Crippen molar-refractivity contribution in [2.75, 3.05) is 26.9 Å². The van der Waals surface area contributed by atoms with Gasteiger partial charge in [0.05, 0.1) is 13.7 Å². The summed E-state index contributed by atoms with van der Waals surface area (Å²) in [5.74, 6) is -0.513. The number of halogens is 3. The molecule has 1 aromatic rings. The highest BCUT2D eigenvalue weighted by Crippen LogP contribution is 2.29. The van der Waals surface area contributed by atoms with E-state index in [0.29, 0.717) is 29.6 Å². The molecule has 0 fully saturated rings. The predicted molar refractivity (Wildman–Crippen MR) is 92.4 cm³/mol. The van der Waals surface area contributed by atoms with Gasteiger partial charge in [0.15, 0.2) is 18.1 Å². The molecule has 0 saturated heterocycles. The van der Waals surface area contributed by atoms with Gasteiger partial charge >= 0.3 is 12.1 Å². The number of methoxy groups -OCH3 is 1. The lowest BCUT2D eigenvalue weighted by molar-refractivity contribution is -0.148. The Morgan fingerprint density at radius 3 is 2.52 bits per heavy atom. The maximum absolute atomic E-state index is 11.9. The van der Waals surface area contributed by atoms with Gasteiger partial charge in [-0.25, -0.2) is 4.79 Å². The number of benzene rings is 1. The number of hydrogen-bond donors (Lipinski definition) is 1. The molecule has 0 aromatic heterocycles. The fraction of sp³-hybridized carbons (Fsp3) is 0.444. The number of esters is 1. The molecule has 1 aromatic carbocycles. The minimum atomic E-state index is -4.52. The molecule has 27 heavy (non-hydrogen) atoms. The Morgan fingerprint density at radius 1 is 1.22 bits per heavy atom. The van der Waals surface area contributed by atoms with Crippen LogP contribution in [0.1, 0.15) is 19.4 Å². The molecule has 0 unspecified atom stereocenters. The van der Waals surface area contributed by atoms with Crippen molar-refractivity contribution in [3.63, 3.8) is 0 Å². The SMILES string of the molecule is COc1cc(/C=C/C(=O)OCC(=O)NCC(F)(F)F)ccc1OCC(C)C. The Labute approximate surface area is 155 Å². The highest BCUT2D eigenvalue weighted by atomic mass is 19.4. The van der Waals surface area contributed by atoms with Crippen LogP contribution in [0, 0.1) is 5.92 Å². The van der Waals surface area contributed by atoms with Gasteiger partial charge in [0.25, 0.3) is 5.91 Å². The van der Waals surface area contributed by atoms with E-state index in [4.69, 9.17) is 9.47 Å². The lowest BCUT2D eigenvalue weighted by Crippen LogP contribution is -2.36. The molecule has 0 heterocycles. The van der Waals surface area contributed by atoms with Crippen molar-refractivity contribution in [2.24, 2.45) is 5.92 Å². The number of amides is 1. The molecule has 0 bridgehead atoms. The van der Waals surface area contributed by atoms with Crippen molar-refractivity contribution in [3.8, 4) is 11.5 Å². The van der Waals surface area contributed by atoms with E-state index in [1.807, 2.05) is 13.8 Å². The van der Waals surface area contributed by atoms with Gasteiger partial charge in [0.2, 0.25) is 0 Å². The summed E-state index contributed by atoms with van der Waals surface area (Å²) in [4.78, 5) is 22.7. The van der Waals surface area contributed by atoms with Gasteiger partial charge in [0, 0.05) is 6.08 Å². The summed E-state index contributed by atoms with van der Waals surface area (Å²) in [5, 5.41) is 1.60. The van der Waals surface area contributed by atoms with Crippen LogP contribution in [0.2, 0.25) is 0 Å². The third-order valence-corrected chi connectivity index (χ3v) is 3.00. The van der Waals surface area contributed by atoms with E-state index in [1.165, 1.54) is 13.2 Å². The molecular weight excluding hydrogens is 367 g/mol. The summed E-state index contributed by atoms with van der Waals surface area (Å²) in [7, 11) is 1.49. The first-order valence-corrected chi connectivity index (χ1v) is 8.10. The summed E-state index contributed by atoms with van der Waals surface area (Å²) in [6.45, 7) is 2.26. The number of rotatable bonds is 9. The molecule has 6 nitrogen and oxygen atoms in total. The van der Waals surface area contributed by atoms with Gasteiger partial charge in [-0.15, -0.1) is 0 Å². The zero-order chi connectivity index (χ0) is 20.4. The van der Waals surface area contributed by atoms with Crippen LogP contribution in [0.4, 0.5) is 13.2 Å². The minimum absolute atomic E-state index is 0.345. The van der Waals surface area contributed by atoms with E-state index in [-0.39, 0.29) is 0 Å². The highest BCUT2D eigenvalue weighted by molar-refractivity contribution is 5.89. The smallest absolute Gasteiger partial charge is 0.405 e. The van der Waals surface area contributed by atoms with Crippen molar-refractivity contribution in [3.05, 3.63) is 29.8 Å². The number of ether oxygens (including phenoxy) is 3. The first-order chi connectivity index (χ1) is 12.6. The highest BCUT2D eigenvalue weighted by Gasteiger charge is 2.27. The number of alkyl halides is 3. The van der Waals surface area contributed by atoms with E-state index in [0.717, 1.165) is 6.08 Å². The number of hydrogen-bond acceptors (Lipinski definition) is 5.